The number of carbonyl (C=O) groups excluding carboxylic acids is 1. The fourth-order valence-electron chi connectivity index (χ4n) is 2.86. The highest BCUT2D eigenvalue weighted by molar-refractivity contribution is 6.34. The zero-order chi connectivity index (χ0) is 19.7. The fourth-order valence-corrected chi connectivity index (χ4v) is 3.09. The van der Waals surface area contributed by atoms with Gasteiger partial charge in [0.25, 0.3) is 5.91 Å². The largest absolute Gasteiger partial charge is 0.365 e. The number of anilines is 2. The number of amides is 1. The molecule has 1 aliphatic carbocycles. The molecule has 0 unspecified atom stereocenters. The summed E-state index contributed by atoms with van der Waals surface area (Å²) < 4.78 is 14.9. The van der Waals surface area contributed by atoms with Crippen LogP contribution in [0.25, 0.3) is 11.3 Å². The Balaban J connectivity index is 1.75. The van der Waals surface area contributed by atoms with E-state index in [0.29, 0.717) is 35.3 Å². The van der Waals surface area contributed by atoms with E-state index < -0.39 is 5.91 Å². The molecule has 7 nitrogen and oxygen atoms in total. The Hall–Kier alpha value is -3.00. The zero-order valence-corrected chi connectivity index (χ0v) is 15.9. The topological polar surface area (TPSA) is 84.7 Å². The van der Waals surface area contributed by atoms with Crippen LogP contribution >= 0.6 is 11.6 Å². The van der Waals surface area contributed by atoms with Gasteiger partial charge in [0.05, 0.1) is 16.9 Å². The Morgan fingerprint density at radius 3 is 2.71 bits per heavy atom. The van der Waals surface area contributed by atoms with Crippen molar-refractivity contribution in [2.75, 3.05) is 10.6 Å². The second-order valence-electron chi connectivity index (χ2n) is 6.48. The van der Waals surface area contributed by atoms with E-state index in [0.717, 1.165) is 12.8 Å². The van der Waals surface area contributed by atoms with E-state index in [2.05, 4.69) is 25.7 Å². The lowest BCUT2D eigenvalue weighted by Gasteiger charge is -2.16. The van der Waals surface area contributed by atoms with Crippen LogP contribution in [-0.2, 0) is 6.54 Å². The number of hydrogen-bond acceptors (Lipinski definition) is 5. The fraction of sp³-hybridized carbons (Fsp3) is 0.263. The molecule has 0 aliphatic heterocycles. The van der Waals surface area contributed by atoms with Gasteiger partial charge in [0.2, 0.25) is 0 Å². The van der Waals surface area contributed by atoms with Crippen molar-refractivity contribution in [3.05, 3.63) is 53.3 Å². The smallest absolute Gasteiger partial charge is 0.275 e. The van der Waals surface area contributed by atoms with Crippen LogP contribution in [0.1, 0.15) is 30.3 Å². The molecular formula is C19H18ClFN6O. The minimum absolute atomic E-state index is 0.260. The summed E-state index contributed by atoms with van der Waals surface area (Å²) in [6.07, 6.45) is 4.93. The summed E-state index contributed by atoms with van der Waals surface area (Å²) in [5.41, 5.74) is 1.83. The van der Waals surface area contributed by atoms with Crippen LogP contribution in [0.15, 0.2) is 36.8 Å². The monoisotopic (exact) mass is 400 g/mol. The highest BCUT2D eigenvalue weighted by atomic mass is 35.5. The van der Waals surface area contributed by atoms with Gasteiger partial charge in [0, 0.05) is 18.2 Å². The number of nitrogens with one attached hydrogen (secondary N) is 2. The number of hydrogen-bond donors (Lipinski definition) is 2. The third kappa shape index (κ3) is 3.68. The maximum atomic E-state index is 13.3. The molecule has 0 saturated heterocycles. The molecule has 4 rings (SSSR count). The molecule has 144 valence electrons. The number of aryl methyl sites for hydroxylation is 1. The van der Waals surface area contributed by atoms with Gasteiger partial charge in [-0.25, -0.2) is 14.4 Å². The molecule has 1 aliphatic rings. The van der Waals surface area contributed by atoms with Gasteiger partial charge in [0.15, 0.2) is 5.82 Å². The predicted molar refractivity (Wildman–Crippen MR) is 105 cm³/mol. The van der Waals surface area contributed by atoms with Crippen LogP contribution in [0.4, 0.5) is 15.9 Å². The minimum Gasteiger partial charge on any atom is -0.365 e. The van der Waals surface area contributed by atoms with Crippen molar-refractivity contribution < 1.29 is 9.18 Å². The lowest BCUT2D eigenvalue weighted by Crippen LogP contribution is -2.20. The molecule has 0 atom stereocenters. The van der Waals surface area contributed by atoms with Gasteiger partial charge in [-0.3, -0.25) is 9.48 Å². The standard InChI is InChI=1S/C19H18ClFN6O/c1-2-27-17(14(20)9-24-27)19(28)26-16-15(11-3-5-12(21)6-4-11)22-10-23-18(16)25-13-7-8-13/h3-6,9-10,13H,2,7-8H2,1H3,(H,26,28)(H,22,23,25). The summed E-state index contributed by atoms with van der Waals surface area (Å²) in [5.74, 6) is -0.247. The summed E-state index contributed by atoms with van der Waals surface area (Å²) in [5, 5.41) is 10.5. The first-order valence-corrected chi connectivity index (χ1v) is 9.34. The number of rotatable bonds is 6. The van der Waals surface area contributed by atoms with Crippen molar-refractivity contribution in [1.82, 2.24) is 19.7 Å². The molecule has 1 amide bonds. The van der Waals surface area contributed by atoms with E-state index in [1.807, 2.05) is 6.92 Å². The van der Waals surface area contributed by atoms with Crippen molar-refractivity contribution in [2.45, 2.75) is 32.4 Å². The van der Waals surface area contributed by atoms with Crippen LogP contribution in [0.5, 0.6) is 0 Å². The molecule has 0 bridgehead atoms. The molecule has 3 aromatic rings. The summed E-state index contributed by atoms with van der Waals surface area (Å²) in [6.45, 7) is 2.37. The quantitative estimate of drug-likeness (QED) is 0.653. The summed E-state index contributed by atoms with van der Waals surface area (Å²) in [7, 11) is 0. The molecule has 1 fully saturated rings. The Bertz CT molecular complexity index is 1020. The number of aromatic nitrogens is 4. The number of halogens is 2. The Morgan fingerprint density at radius 2 is 2.04 bits per heavy atom. The van der Waals surface area contributed by atoms with Crippen LogP contribution in [-0.4, -0.2) is 31.7 Å². The normalized spacial score (nSPS) is 13.4. The number of benzene rings is 1. The predicted octanol–water partition coefficient (Wildman–Crippen LogP) is 3.98. The van der Waals surface area contributed by atoms with E-state index in [1.54, 1.807) is 12.1 Å². The molecule has 28 heavy (non-hydrogen) atoms. The molecule has 2 N–H and O–H groups in total. The maximum absolute atomic E-state index is 13.3. The molecule has 9 heteroatoms. The molecule has 0 spiro atoms. The first-order chi connectivity index (χ1) is 13.6. The summed E-state index contributed by atoms with van der Waals surface area (Å²) in [6, 6.07) is 6.23. The average molecular weight is 401 g/mol. The van der Waals surface area contributed by atoms with Crippen LogP contribution in [0, 0.1) is 5.82 Å². The summed E-state index contributed by atoms with van der Waals surface area (Å²) >= 11 is 6.16. The minimum atomic E-state index is -0.415. The molecule has 2 heterocycles. The van der Waals surface area contributed by atoms with Gasteiger partial charge < -0.3 is 10.6 Å². The van der Waals surface area contributed by atoms with E-state index >= 15 is 0 Å². The number of nitrogens with zero attached hydrogens (tertiary/aromatic N) is 4. The maximum Gasteiger partial charge on any atom is 0.275 e. The van der Waals surface area contributed by atoms with Crippen molar-refractivity contribution in [3.8, 4) is 11.3 Å². The highest BCUT2D eigenvalue weighted by Gasteiger charge is 2.26. The molecule has 1 saturated carbocycles. The van der Waals surface area contributed by atoms with Crippen molar-refractivity contribution in [1.29, 1.82) is 0 Å². The van der Waals surface area contributed by atoms with Crippen LogP contribution in [0.2, 0.25) is 5.02 Å². The van der Waals surface area contributed by atoms with Crippen molar-refractivity contribution in [2.24, 2.45) is 0 Å². The van der Waals surface area contributed by atoms with Crippen molar-refractivity contribution in [3.63, 3.8) is 0 Å². The Labute approximate surface area is 166 Å². The molecule has 2 aromatic heterocycles. The van der Waals surface area contributed by atoms with Crippen molar-refractivity contribution >= 4 is 29.0 Å². The second kappa shape index (κ2) is 7.55. The van der Waals surface area contributed by atoms with E-state index in [1.165, 1.54) is 29.3 Å². The molecule has 0 radical (unpaired) electrons. The SMILES string of the molecule is CCn1ncc(Cl)c1C(=O)Nc1c(NC2CC2)ncnc1-c1ccc(F)cc1. The zero-order valence-electron chi connectivity index (χ0n) is 15.1. The summed E-state index contributed by atoms with van der Waals surface area (Å²) in [4.78, 5) is 21.6. The number of carbonyl (C=O) groups is 1. The van der Waals surface area contributed by atoms with Gasteiger partial charge in [-0.1, -0.05) is 11.6 Å². The van der Waals surface area contributed by atoms with Crippen LogP contribution < -0.4 is 10.6 Å². The lowest BCUT2D eigenvalue weighted by atomic mass is 10.1. The average Bonchev–Trinajstić information content (AvgIpc) is 3.43. The first kappa shape index (κ1) is 18.4. The van der Waals surface area contributed by atoms with Crippen LogP contribution in [0.3, 0.4) is 0 Å². The third-order valence-corrected chi connectivity index (χ3v) is 4.71. The van der Waals surface area contributed by atoms with Gasteiger partial charge in [-0.2, -0.15) is 5.10 Å². The van der Waals surface area contributed by atoms with E-state index in [-0.39, 0.29) is 16.5 Å². The Morgan fingerprint density at radius 1 is 1.29 bits per heavy atom. The molecular weight excluding hydrogens is 383 g/mol. The van der Waals surface area contributed by atoms with Gasteiger partial charge >= 0.3 is 0 Å². The Kier molecular flexibility index (Phi) is 4.95. The van der Waals surface area contributed by atoms with E-state index in [4.69, 9.17) is 11.6 Å². The van der Waals surface area contributed by atoms with Gasteiger partial charge in [-0.05, 0) is 44.0 Å². The highest BCUT2D eigenvalue weighted by Crippen LogP contribution is 2.34. The molecule has 1 aromatic carbocycles. The third-order valence-electron chi connectivity index (χ3n) is 4.43. The van der Waals surface area contributed by atoms with Gasteiger partial charge in [-0.15, -0.1) is 0 Å². The lowest BCUT2D eigenvalue weighted by molar-refractivity contribution is 0.101. The van der Waals surface area contributed by atoms with Gasteiger partial charge in [0.1, 0.15) is 23.5 Å². The second-order valence-corrected chi connectivity index (χ2v) is 6.89. The first-order valence-electron chi connectivity index (χ1n) is 8.97. The van der Waals surface area contributed by atoms with E-state index in [9.17, 15) is 9.18 Å².